The molecule has 0 radical (unpaired) electrons. The van der Waals surface area contributed by atoms with Crippen LogP contribution in [0.2, 0.25) is 5.02 Å². The Hall–Kier alpha value is -0.920. The summed E-state index contributed by atoms with van der Waals surface area (Å²) in [4.78, 5) is 12.7. The van der Waals surface area contributed by atoms with E-state index < -0.39 is 16.1 Å². The van der Waals surface area contributed by atoms with Gasteiger partial charge in [-0.25, -0.2) is 8.42 Å². The van der Waals surface area contributed by atoms with Crippen molar-refractivity contribution in [3.05, 3.63) is 28.8 Å². The predicted octanol–water partition coefficient (Wildman–Crippen LogP) is 3.84. The summed E-state index contributed by atoms with van der Waals surface area (Å²) in [5.41, 5.74) is 1.25. The highest BCUT2D eigenvalue weighted by molar-refractivity contribution is 8.00. The van der Waals surface area contributed by atoms with Crippen LogP contribution in [-0.4, -0.2) is 43.7 Å². The minimum absolute atomic E-state index is 0.117. The zero-order valence-electron chi connectivity index (χ0n) is 16.3. The summed E-state index contributed by atoms with van der Waals surface area (Å²) in [5.74, 6) is 0.463. The van der Waals surface area contributed by atoms with Gasteiger partial charge in [0.05, 0.1) is 11.9 Å². The minimum atomic E-state index is -3.65. The molecule has 8 heteroatoms. The number of sulfonamides is 1. The Kier molecular flexibility index (Phi) is 8.30. The Morgan fingerprint density at radius 3 is 2.42 bits per heavy atom. The van der Waals surface area contributed by atoms with Gasteiger partial charge < -0.3 is 5.32 Å². The molecule has 0 spiro atoms. The third-order valence-electron chi connectivity index (χ3n) is 3.68. The van der Waals surface area contributed by atoms with E-state index >= 15 is 0 Å². The number of halogens is 1. The number of anilines is 1. The zero-order valence-corrected chi connectivity index (χ0v) is 18.7. The highest BCUT2D eigenvalue weighted by Crippen LogP contribution is 2.27. The summed E-state index contributed by atoms with van der Waals surface area (Å²) < 4.78 is 26.1. The molecule has 0 heterocycles. The summed E-state index contributed by atoms with van der Waals surface area (Å²) in [7, 11) is -3.65. The third-order valence-corrected chi connectivity index (χ3v) is 6.54. The topological polar surface area (TPSA) is 66.5 Å². The number of carbonyl (C=O) groups excluding carboxylic acids is 1. The van der Waals surface area contributed by atoms with Gasteiger partial charge >= 0.3 is 0 Å². The van der Waals surface area contributed by atoms with Crippen LogP contribution >= 0.6 is 23.4 Å². The van der Waals surface area contributed by atoms with Crippen molar-refractivity contribution in [2.75, 3.05) is 22.9 Å². The van der Waals surface area contributed by atoms with Crippen LogP contribution in [0, 0.1) is 6.92 Å². The second kappa shape index (κ2) is 9.33. The van der Waals surface area contributed by atoms with E-state index in [9.17, 15) is 13.2 Å². The molecule has 148 valence electrons. The monoisotopic (exact) mass is 420 g/mol. The van der Waals surface area contributed by atoms with Gasteiger partial charge in [0.1, 0.15) is 6.04 Å². The van der Waals surface area contributed by atoms with E-state index in [2.05, 4.69) is 26.1 Å². The van der Waals surface area contributed by atoms with E-state index in [0.29, 0.717) is 23.7 Å². The highest BCUT2D eigenvalue weighted by Gasteiger charge is 2.31. The largest absolute Gasteiger partial charge is 0.353 e. The maximum Gasteiger partial charge on any atom is 0.243 e. The molecule has 5 nitrogen and oxygen atoms in total. The van der Waals surface area contributed by atoms with Crippen LogP contribution in [0.5, 0.6) is 0 Å². The molecule has 1 atom stereocenters. The SMILES string of the molecule is CC[C@H](C(=O)NCCSC(C)(C)C)N(c1ccc(C)c(Cl)c1)S(C)(=O)=O. The summed E-state index contributed by atoms with van der Waals surface area (Å²) >= 11 is 7.90. The Labute approximate surface area is 166 Å². The lowest BCUT2D eigenvalue weighted by atomic mass is 10.1. The van der Waals surface area contributed by atoms with E-state index in [1.165, 1.54) is 0 Å². The molecular formula is C18H29ClN2O3S2. The van der Waals surface area contributed by atoms with Crippen LogP contribution in [0.25, 0.3) is 0 Å². The Balaban J connectivity index is 2.99. The fraction of sp³-hybridized carbons (Fsp3) is 0.611. The number of hydrogen-bond acceptors (Lipinski definition) is 4. The molecule has 1 amide bonds. The van der Waals surface area contributed by atoms with E-state index in [0.717, 1.165) is 21.9 Å². The first-order chi connectivity index (χ1) is 11.9. The molecule has 1 rings (SSSR count). The van der Waals surface area contributed by atoms with Gasteiger partial charge in [-0.2, -0.15) is 11.8 Å². The number of amides is 1. The second-order valence-corrected chi connectivity index (χ2v) is 11.4. The standard InChI is InChI=1S/C18H29ClN2O3S2/c1-7-16(17(22)20-10-11-25-18(3,4)5)21(26(6,23)24)14-9-8-13(2)15(19)12-14/h8-9,12,16H,7,10-11H2,1-6H3,(H,20,22)/t16-/m1/s1. The van der Waals surface area contributed by atoms with Gasteiger partial charge in [-0.3, -0.25) is 9.10 Å². The van der Waals surface area contributed by atoms with Crippen molar-refractivity contribution < 1.29 is 13.2 Å². The fourth-order valence-corrected chi connectivity index (χ4v) is 4.62. The van der Waals surface area contributed by atoms with E-state index in [-0.39, 0.29) is 10.7 Å². The van der Waals surface area contributed by atoms with Crippen molar-refractivity contribution in [1.29, 1.82) is 0 Å². The molecule has 0 unspecified atom stereocenters. The highest BCUT2D eigenvalue weighted by atomic mass is 35.5. The first-order valence-corrected chi connectivity index (χ1v) is 11.7. The normalized spacial score (nSPS) is 13.3. The number of aryl methyl sites for hydroxylation is 1. The molecule has 26 heavy (non-hydrogen) atoms. The van der Waals surface area contributed by atoms with E-state index in [4.69, 9.17) is 11.6 Å². The number of nitrogens with one attached hydrogen (secondary N) is 1. The zero-order chi connectivity index (χ0) is 20.1. The maximum absolute atomic E-state index is 12.7. The lowest BCUT2D eigenvalue weighted by Crippen LogP contribution is -2.49. The first kappa shape index (κ1) is 23.1. The van der Waals surface area contributed by atoms with Gasteiger partial charge in [0.25, 0.3) is 0 Å². The van der Waals surface area contributed by atoms with Crippen LogP contribution < -0.4 is 9.62 Å². The molecule has 0 aliphatic heterocycles. The van der Waals surface area contributed by atoms with Crippen molar-refractivity contribution in [3.8, 4) is 0 Å². The van der Waals surface area contributed by atoms with Crippen LogP contribution in [-0.2, 0) is 14.8 Å². The van der Waals surface area contributed by atoms with Gasteiger partial charge in [-0.15, -0.1) is 0 Å². The smallest absolute Gasteiger partial charge is 0.243 e. The van der Waals surface area contributed by atoms with Crippen molar-refractivity contribution in [1.82, 2.24) is 5.32 Å². The van der Waals surface area contributed by atoms with Crippen LogP contribution in [0.15, 0.2) is 18.2 Å². The number of rotatable bonds is 8. The van der Waals surface area contributed by atoms with Crippen LogP contribution in [0.3, 0.4) is 0 Å². The van der Waals surface area contributed by atoms with Crippen LogP contribution in [0.1, 0.15) is 39.7 Å². The Morgan fingerprint density at radius 1 is 1.35 bits per heavy atom. The third kappa shape index (κ3) is 7.00. The van der Waals surface area contributed by atoms with Crippen molar-refractivity contribution in [3.63, 3.8) is 0 Å². The number of hydrogen-bond donors (Lipinski definition) is 1. The summed E-state index contributed by atoms with van der Waals surface area (Å²) in [6.45, 7) is 10.5. The van der Waals surface area contributed by atoms with Crippen molar-refractivity contribution in [2.45, 2.75) is 51.8 Å². The lowest BCUT2D eigenvalue weighted by molar-refractivity contribution is -0.122. The summed E-state index contributed by atoms with van der Waals surface area (Å²) in [6.07, 6.45) is 1.46. The first-order valence-electron chi connectivity index (χ1n) is 8.54. The minimum Gasteiger partial charge on any atom is -0.353 e. The van der Waals surface area contributed by atoms with E-state index in [1.807, 2.05) is 6.92 Å². The molecule has 0 aliphatic carbocycles. The van der Waals surface area contributed by atoms with Crippen molar-refractivity contribution >= 4 is 45.0 Å². The molecule has 0 bridgehead atoms. The molecular weight excluding hydrogens is 392 g/mol. The van der Waals surface area contributed by atoms with E-state index in [1.54, 1.807) is 36.9 Å². The van der Waals surface area contributed by atoms with Gasteiger partial charge in [0.2, 0.25) is 15.9 Å². The fourth-order valence-electron chi connectivity index (χ4n) is 2.43. The average Bonchev–Trinajstić information content (AvgIpc) is 2.49. The molecule has 0 aliphatic rings. The quantitative estimate of drug-likeness (QED) is 0.649. The number of benzene rings is 1. The number of carbonyl (C=O) groups is 1. The molecule has 1 aromatic carbocycles. The maximum atomic E-state index is 12.7. The van der Waals surface area contributed by atoms with Gasteiger partial charge in [0, 0.05) is 22.1 Å². The number of thioether (sulfide) groups is 1. The van der Waals surface area contributed by atoms with Gasteiger partial charge in [0.15, 0.2) is 0 Å². The summed E-state index contributed by atoms with van der Waals surface area (Å²) in [6, 6.07) is 4.20. The summed E-state index contributed by atoms with van der Waals surface area (Å²) in [5, 5.41) is 3.32. The van der Waals surface area contributed by atoms with Crippen LogP contribution in [0.4, 0.5) is 5.69 Å². The molecule has 0 fully saturated rings. The Bertz CT molecular complexity index is 730. The second-order valence-electron chi connectivity index (χ2n) is 7.17. The van der Waals surface area contributed by atoms with Gasteiger partial charge in [-0.05, 0) is 31.0 Å². The van der Waals surface area contributed by atoms with Crippen molar-refractivity contribution in [2.24, 2.45) is 0 Å². The molecule has 0 aromatic heterocycles. The molecule has 1 N–H and O–H groups in total. The molecule has 0 saturated carbocycles. The predicted molar refractivity (Wildman–Crippen MR) is 113 cm³/mol. The molecule has 0 saturated heterocycles. The van der Waals surface area contributed by atoms with Gasteiger partial charge in [-0.1, -0.05) is 45.4 Å². The lowest BCUT2D eigenvalue weighted by Gasteiger charge is -2.30. The molecule has 1 aromatic rings. The average molecular weight is 421 g/mol. The number of nitrogens with zero attached hydrogens (tertiary/aromatic N) is 1. The Morgan fingerprint density at radius 2 is 1.96 bits per heavy atom.